The van der Waals surface area contributed by atoms with Crippen molar-refractivity contribution in [3.8, 4) is 0 Å². The van der Waals surface area contributed by atoms with Gasteiger partial charge < -0.3 is 4.74 Å². The molecule has 0 unspecified atom stereocenters. The Balaban J connectivity index is 3.06. The predicted octanol–water partition coefficient (Wildman–Crippen LogP) is 6.59. The van der Waals surface area contributed by atoms with E-state index in [2.05, 4.69) is 19.1 Å². The van der Waals surface area contributed by atoms with E-state index >= 15 is 0 Å². The molecule has 22 heavy (non-hydrogen) atoms. The molecule has 0 aliphatic carbocycles. The molecule has 130 valence electrons. The Morgan fingerprint density at radius 2 is 1.18 bits per heavy atom. The van der Waals surface area contributed by atoms with Gasteiger partial charge in [0.25, 0.3) is 0 Å². The maximum Gasteiger partial charge on any atom is 0.302 e. The molecule has 0 aliphatic heterocycles. The van der Waals surface area contributed by atoms with Crippen molar-refractivity contribution in [2.24, 2.45) is 0 Å². The molecule has 0 rings (SSSR count). The zero-order valence-corrected chi connectivity index (χ0v) is 15.1. The van der Waals surface area contributed by atoms with Gasteiger partial charge in [0.1, 0.15) is 0 Å². The minimum Gasteiger partial charge on any atom is -0.466 e. The lowest BCUT2D eigenvalue weighted by Crippen LogP contribution is -1.99. The first kappa shape index (κ1) is 21.2. The lowest BCUT2D eigenvalue weighted by atomic mass is 10.1. The smallest absolute Gasteiger partial charge is 0.302 e. The van der Waals surface area contributed by atoms with Crippen LogP contribution in [-0.2, 0) is 9.53 Å². The Morgan fingerprint density at radius 3 is 1.68 bits per heavy atom. The first-order valence-electron chi connectivity index (χ1n) is 9.55. The number of hydrogen-bond donors (Lipinski definition) is 0. The van der Waals surface area contributed by atoms with E-state index in [9.17, 15) is 4.79 Å². The fourth-order valence-corrected chi connectivity index (χ4v) is 2.57. The van der Waals surface area contributed by atoms with Crippen LogP contribution in [0.4, 0.5) is 0 Å². The van der Waals surface area contributed by atoms with Crippen LogP contribution in [0.25, 0.3) is 0 Å². The van der Waals surface area contributed by atoms with Gasteiger partial charge in [-0.3, -0.25) is 4.79 Å². The van der Waals surface area contributed by atoms with Gasteiger partial charge >= 0.3 is 5.97 Å². The zero-order valence-electron chi connectivity index (χ0n) is 15.1. The molecule has 0 aromatic rings. The highest BCUT2D eigenvalue weighted by Crippen LogP contribution is 2.11. The van der Waals surface area contributed by atoms with Crippen molar-refractivity contribution in [3.63, 3.8) is 0 Å². The summed E-state index contributed by atoms with van der Waals surface area (Å²) in [6, 6.07) is 0. The molecule has 0 radical (unpaired) electrons. The van der Waals surface area contributed by atoms with Crippen LogP contribution in [-0.4, -0.2) is 12.6 Å². The fraction of sp³-hybridized carbons (Fsp3) is 0.850. The van der Waals surface area contributed by atoms with Crippen molar-refractivity contribution in [3.05, 3.63) is 12.2 Å². The van der Waals surface area contributed by atoms with E-state index in [0.717, 1.165) is 19.3 Å². The zero-order chi connectivity index (χ0) is 16.3. The van der Waals surface area contributed by atoms with Crippen LogP contribution < -0.4 is 0 Å². The molecule has 0 amide bonds. The van der Waals surface area contributed by atoms with E-state index in [1.54, 1.807) is 0 Å². The summed E-state index contributed by atoms with van der Waals surface area (Å²) < 4.78 is 4.90. The number of ether oxygens (including phenoxy) is 1. The van der Waals surface area contributed by atoms with E-state index in [-0.39, 0.29) is 5.97 Å². The molecule has 0 heterocycles. The average molecular weight is 311 g/mol. The largest absolute Gasteiger partial charge is 0.466 e. The van der Waals surface area contributed by atoms with Crippen LogP contribution >= 0.6 is 0 Å². The summed E-state index contributed by atoms with van der Waals surface area (Å²) in [5.74, 6) is -0.170. The molecule has 0 bridgehead atoms. The number of carbonyl (C=O) groups excluding carboxylic acids is 1. The van der Waals surface area contributed by atoms with Crippen molar-refractivity contribution in [1.82, 2.24) is 0 Å². The minimum atomic E-state index is -0.170. The van der Waals surface area contributed by atoms with Gasteiger partial charge in [-0.1, -0.05) is 76.9 Å². The highest BCUT2D eigenvalue weighted by Gasteiger charge is 1.93. The van der Waals surface area contributed by atoms with Crippen molar-refractivity contribution < 1.29 is 9.53 Å². The van der Waals surface area contributed by atoms with E-state index in [0.29, 0.717) is 6.61 Å². The molecule has 0 fully saturated rings. The van der Waals surface area contributed by atoms with Gasteiger partial charge in [-0.2, -0.15) is 0 Å². The fourth-order valence-electron chi connectivity index (χ4n) is 2.57. The highest BCUT2D eigenvalue weighted by atomic mass is 16.5. The maximum absolute atomic E-state index is 10.6. The van der Waals surface area contributed by atoms with Crippen LogP contribution in [0, 0.1) is 0 Å². The van der Waals surface area contributed by atoms with Crippen LogP contribution in [0.5, 0.6) is 0 Å². The Kier molecular flexibility index (Phi) is 17.6. The molecule has 0 spiro atoms. The lowest BCUT2D eigenvalue weighted by molar-refractivity contribution is -0.141. The third-order valence-corrected chi connectivity index (χ3v) is 3.96. The Bertz CT molecular complexity index is 258. The normalized spacial score (nSPS) is 11.2. The van der Waals surface area contributed by atoms with Crippen LogP contribution in [0.1, 0.15) is 104 Å². The molecule has 0 atom stereocenters. The third kappa shape index (κ3) is 19.2. The second-order valence-corrected chi connectivity index (χ2v) is 6.28. The van der Waals surface area contributed by atoms with Gasteiger partial charge in [-0.15, -0.1) is 0 Å². The third-order valence-electron chi connectivity index (χ3n) is 3.96. The summed E-state index contributed by atoms with van der Waals surface area (Å²) in [5.41, 5.74) is 0. The Morgan fingerprint density at radius 1 is 0.727 bits per heavy atom. The van der Waals surface area contributed by atoms with Crippen molar-refractivity contribution >= 4 is 5.97 Å². The second-order valence-electron chi connectivity index (χ2n) is 6.28. The first-order chi connectivity index (χ1) is 10.8. The van der Waals surface area contributed by atoms with Crippen LogP contribution in [0.15, 0.2) is 12.2 Å². The number of unbranched alkanes of at least 4 members (excludes halogenated alkanes) is 12. The summed E-state index contributed by atoms with van der Waals surface area (Å²) in [6.45, 7) is 4.31. The minimum absolute atomic E-state index is 0.170. The summed E-state index contributed by atoms with van der Waals surface area (Å²) >= 11 is 0. The van der Waals surface area contributed by atoms with Gasteiger partial charge in [0.2, 0.25) is 0 Å². The van der Waals surface area contributed by atoms with Crippen LogP contribution in [0.2, 0.25) is 0 Å². The van der Waals surface area contributed by atoms with E-state index in [1.165, 1.54) is 77.6 Å². The molecule has 0 aliphatic rings. The number of hydrogen-bond acceptors (Lipinski definition) is 2. The quantitative estimate of drug-likeness (QED) is 0.183. The first-order valence-corrected chi connectivity index (χ1v) is 9.55. The maximum atomic E-state index is 10.6. The molecule has 0 N–H and O–H groups in total. The van der Waals surface area contributed by atoms with Gasteiger partial charge in [0.15, 0.2) is 0 Å². The molecular formula is C20H38O2. The molecule has 0 saturated heterocycles. The van der Waals surface area contributed by atoms with Gasteiger partial charge in [0, 0.05) is 6.92 Å². The van der Waals surface area contributed by atoms with Crippen molar-refractivity contribution in [2.45, 2.75) is 104 Å². The number of esters is 1. The average Bonchev–Trinajstić information content (AvgIpc) is 2.50. The number of rotatable bonds is 16. The second kappa shape index (κ2) is 18.3. The molecule has 2 nitrogen and oxygen atoms in total. The highest BCUT2D eigenvalue weighted by molar-refractivity contribution is 5.65. The SMILES string of the molecule is CCCCCCCCCCCC/C=C\CCCCOC(C)=O. The van der Waals surface area contributed by atoms with Gasteiger partial charge in [0.05, 0.1) is 6.61 Å². The lowest BCUT2D eigenvalue weighted by Gasteiger charge is -2.01. The van der Waals surface area contributed by atoms with E-state index < -0.39 is 0 Å². The molecular weight excluding hydrogens is 272 g/mol. The molecule has 0 aromatic carbocycles. The number of carbonyl (C=O) groups is 1. The van der Waals surface area contributed by atoms with Gasteiger partial charge in [-0.25, -0.2) is 0 Å². The standard InChI is InChI=1S/C20H38O2/c1-3-4-5-6-7-8-9-10-11-12-13-14-15-16-17-18-19-22-20(2)21/h14-15H,3-13,16-19H2,1-2H3/b15-14-. The molecule has 0 saturated carbocycles. The topological polar surface area (TPSA) is 26.3 Å². The summed E-state index contributed by atoms with van der Waals surface area (Å²) in [7, 11) is 0. The molecule has 2 heteroatoms. The summed E-state index contributed by atoms with van der Waals surface area (Å²) in [4.78, 5) is 10.6. The Hall–Kier alpha value is -0.790. The monoisotopic (exact) mass is 310 g/mol. The van der Waals surface area contributed by atoms with Gasteiger partial charge in [-0.05, 0) is 32.1 Å². The summed E-state index contributed by atoms with van der Waals surface area (Å²) in [5, 5.41) is 0. The summed E-state index contributed by atoms with van der Waals surface area (Å²) in [6.07, 6.45) is 23.1. The van der Waals surface area contributed by atoms with E-state index in [4.69, 9.17) is 4.74 Å². The van der Waals surface area contributed by atoms with Crippen molar-refractivity contribution in [1.29, 1.82) is 0 Å². The predicted molar refractivity (Wildman–Crippen MR) is 96.1 cm³/mol. The van der Waals surface area contributed by atoms with Crippen LogP contribution in [0.3, 0.4) is 0 Å². The van der Waals surface area contributed by atoms with Crippen molar-refractivity contribution in [2.75, 3.05) is 6.61 Å². The Labute approximate surface area is 138 Å². The number of allylic oxidation sites excluding steroid dienone is 2. The van der Waals surface area contributed by atoms with E-state index in [1.807, 2.05) is 0 Å². The molecule has 0 aromatic heterocycles.